The molecule has 1 aromatic carbocycles. The summed E-state index contributed by atoms with van der Waals surface area (Å²) in [4.78, 5) is 22.9. The van der Waals surface area contributed by atoms with Crippen molar-refractivity contribution < 1.29 is 9.90 Å². The van der Waals surface area contributed by atoms with Gasteiger partial charge in [-0.1, -0.05) is 11.6 Å². The normalized spacial score (nSPS) is 10.8. The van der Waals surface area contributed by atoms with E-state index in [9.17, 15) is 9.59 Å². The van der Waals surface area contributed by atoms with E-state index >= 15 is 0 Å². The van der Waals surface area contributed by atoms with Gasteiger partial charge in [0.25, 0.3) is 0 Å². The van der Waals surface area contributed by atoms with Gasteiger partial charge in [0.1, 0.15) is 5.56 Å². The molecule has 0 fully saturated rings. The number of rotatable bonds is 1. The van der Waals surface area contributed by atoms with Crippen LogP contribution in [0.25, 0.3) is 10.9 Å². The van der Waals surface area contributed by atoms with Crippen molar-refractivity contribution in [2.75, 3.05) is 0 Å². The van der Waals surface area contributed by atoms with E-state index in [0.29, 0.717) is 15.9 Å². The highest BCUT2D eigenvalue weighted by Gasteiger charge is 2.15. The zero-order chi connectivity index (χ0) is 12.7. The topological polar surface area (TPSA) is 59.3 Å². The molecular formula is C12H10ClNO3. The summed E-state index contributed by atoms with van der Waals surface area (Å²) >= 11 is 5.98. The van der Waals surface area contributed by atoms with Crippen molar-refractivity contribution in [3.63, 3.8) is 0 Å². The van der Waals surface area contributed by atoms with Crippen LogP contribution in [0.4, 0.5) is 0 Å². The molecule has 5 heteroatoms. The van der Waals surface area contributed by atoms with Gasteiger partial charge in [-0.25, -0.2) is 4.79 Å². The number of hydrogen-bond acceptors (Lipinski definition) is 2. The van der Waals surface area contributed by atoms with E-state index in [1.807, 2.05) is 0 Å². The Balaban J connectivity index is 3.03. The summed E-state index contributed by atoms with van der Waals surface area (Å²) in [7, 11) is 1.69. The zero-order valence-corrected chi connectivity index (χ0v) is 10.1. The molecule has 0 unspecified atom stereocenters. The molecule has 2 aromatic rings. The predicted molar refractivity (Wildman–Crippen MR) is 65.9 cm³/mol. The largest absolute Gasteiger partial charge is 0.477 e. The monoisotopic (exact) mass is 251 g/mol. The van der Waals surface area contributed by atoms with Gasteiger partial charge in [0, 0.05) is 23.7 Å². The van der Waals surface area contributed by atoms with Crippen molar-refractivity contribution in [2.45, 2.75) is 6.92 Å². The van der Waals surface area contributed by atoms with Crippen LogP contribution in [0.15, 0.2) is 23.1 Å². The second-order valence-corrected chi connectivity index (χ2v) is 4.26. The molecule has 2 rings (SSSR count). The van der Waals surface area contributed by atoms with Gasteiger partial charge in [0.2, 0.25) is 5.43 Å². The van der Waals surface area contributed by atoms with Gasteiger partial charge in [-0.2, -0.15) is 0 Å². The second-order valence-electron chi connectivity index (χ2n) is 3.86. The summed E-state index contributed by atoms with van der Waals surface area (Å²) in [6.07, 6.45) is 1.32. The lowest BCUT2D eigenvalue weighted by molar-refractivity contribution is 0.0695. The Hall–Kier alpha value is -1.81. The molecule has 1 N–H and O–H groups in total. The zero-order valence-electron chi connectivity index (χ0n) is 9.32. The smallest absolute Gasteiger partial charge is 0.341 e. The third-order valence-electron chi connectivity index (χ3n) is 2.76. The van der Waals surface area contributed by atoms with Crippen LogP contribution >= 0.6 is 11.6 Å². The number of halogens is 1. The first-order valence-electron chi connectivity index (χ1n) is 4.95. The predicted octanol–water partition coefficient (Wildman–Crippen LogP) is 2.20. The first kappa shape index (κ1) is 11.7. The minimum absolute atomic E-state index is 0.235. The fraction of sp³-hybridized carbons (Fsp3) is 0.167. The van der Waals surface area contributed by atoms with Gasteiger partial charge in [-0.3, -0.25) is 4.79 Å². The van der Waals surface area contributed by atoms with Crippen molar-refractivity contribution in [1.29, 1.82) is 0 Å². The third-order valence-corrected chi connectivity index (χ3v) is 3.17. The summed E-state index contributed by atoms with van der Waals surface area (Å²) in [6.45, 7) is 1.80. The number of carboxylic acids is 1. The van der Waals surface area contributed by atoms with Crippen LogP contribution in [-0.4, -0.2) is 15.6 Å². The number of nitrogens with zero attached hydrogens (tertiary/aromatic N) is 1. The maximum Gasteiger partial charge on any atom is 0.341 e. The van der Waals surface area contributed by atoms with Crippen LogP contribution in [0.1, 0.15) is 15.9 Å². The van der Waals surface area contributed by atoms with Crippen LogP contribution in [0.2, 0.25) is 5.02 Å². The molecule has 0 atom stereocenters. The summed E-state index contributed by atoms with van der Waals surface area (Å²) in [5, 5.41) is 9.86. The molecule has 0 aliphatic carbocycles. The van der Waals surface area contributed by atoms with Crippen LogP contribution in [0.3, 0.4) is 0 Å². The van der Waals surface area contributed by atoms with Gasteiger partial charge in [-0.05, 0) is 24.6 Å². The van der Waals surface area contributed by atoms with E-state index < -0.39 is 11.4 Å². The van der Waals surface area contributed by atoms with E-state index in [0.717, 1.165) is 5.56 Å². The van der Waals surface area contributed by atoms with Crippen LogP contribution in [0.5, 0.6) is 0 Å². The van der Waals surface area contributed by atoms with E-state index in [2.05, 4.69) is 0 Å². The number of carbonyl (C=O) groups is 1. The van der Waals surface area contributed by atoms with Gasteiger partial charge in [-0.15, -0.1) is 0 Å². The summed E-state index contributed by atoms with van der Waals surface area (Å²) < 4.78 is 1.61. The Kier molecular flexibility index (Phi) is 2.67. The van der Waals surface area contributed by atoms with E-state index in [-0.39, 0.29) is 5.56 Å². The molecule has 0 amide bonds. The standard InChI is InChI=1S/C12H10ClNO3/c1-6-9(13)4-3-7-10(6)14(2)5-8(11(7)15)12(16)17/h3-5H,1-2H3,(H,16,17). The summed E-state index contributed by atoms with van der Waals surface area (Å²) in [6, 6.07) is 3.16. The van der Waals surface area contributed by atoms with E-state index in [1.54, 1.807) is 30.7 Å². The highest BCUT2D eigenvalue weighted by atomic mass is 35.5. The average molecular weight is 252 g/mol. The molecule has 1 heterocycles. The minimum Gasteiger partial charge on any atom is -0.477 e. The first-order valence-corrected chi connectivity index (χ1v) is 5.33. The van der Waals surface area contributed by atoms with E-state index in [1.165, 1.54) is 6.20 Å². The first-order chi connectivity index (χ1) is 7.93. The Morgan fingerprint density at radius 2 is 2.06 bits per heavy atom. The molecule has 0 saturated carbocycles. The second kappa shape index (κ2) is 3.89. The quantitative estimate of drug-likeness (QED) is 0.845. The average Bonchev–Trinajstić information content (AvgIpc) is 2.26. The SMILES string of the molecule is Cc1c(Cl)ccc2c(=O)c(C(=O)O)cn(C)c12. The van der Waals surface area contributed by atoms with Crippen molar-refractivity contribution in [3.8, 4) is 0 Å². The maximum atomic E-state index is 11.9. The highest BCUT2D eigenvalue weighted by molar-refractivity contribution is 6.32. The van der Waals surface area contributed by atoms with Crippen molar-refractivity contribution >= 4 is 28.5 Å². The van der Waals surface area contributed by atoms with Gasteiger partial charge in [0.15, 0.2) is 0 Å². The number of hydrogen-bond donors (Lipinski definition) is 1. The Morgan fingerprint density at radius 1 is 1.41 bits per heavy atom. The molecule has 0 bridgehead atoms. The Morgan fingerprint density at radius 3 is 2.65 bits per heavy atom. The molecule has 88 valence electrons. The number of pyridine rings is 1. The molecule has 0 saturated heterocycles. The number of aromatic carboxylic acids is 1. The molecule has 0 aliphatic rings. The molecule has 0 radical (unpaired) electrons. The van der Waals surface area contributed by atoms with Crippen molar-refractivity contribution in [2.24, 2.45) is 7.05 Å². The molecular weight excluding hydrogens is 242 g/mol. The number of fused-ring (bicyclic) bond motifs is 1. The molecule has 4 nitrogen and oxygen atoms in total. The molecule has 0 spiro atoms. The van der Waals surface area contributed by atoms with Crippen LogP contribution in [0, 0.1) is 6.92 Å². The lowest BCUT2D eigenvalue weighted by Gasteiger charge is -2.10. The fourth-order valence-corrected chi connectivity index (χ4v) is 2.08. The van der Waals surface area contributed by atoms with Crippen LogP contribution in [-0.2, 0) is 7.05 Å². The summed E-state index contributed by atoms with van der Waals surface area (Å²) in [5.74, 6) is -1.22. The Labute approximate surface area is 102 Å². The lowest BCUT2D eigenvalue weighted by Crippen LogP contribution is -2.18. The van der Waals surface area contributed by atoms with E-state index in [4.69, 9.17) is 16.7 Å². The van der Waals surface area contributed by atoms with Crippen LogP contribution < -0.4 is 5.43 Å². The lowest BCUT2D eigenvalue weighted by atomic mass is 10.1. The van der Waals surface area contributed by atoms with Crippen molar-refractivity contribution in [3.05, 3.63) is 44.7 Å². The van der Waals surface area contributed by atoms with Gasteiger partial charge >= 0.3 is 5.97 Å². The fourth-order valence-electron chi connectivity index (χ4n) is 1.93. The van der Waals surface area contributed by atoms with Crippen molar-refractivity contribution in [1.82, 2.24) is 4.57 Å². The molecule has 0 aliphatic heterocycles. The number of carboxylic acid groups (broad SMARTS) is 1. The third kappa shape index (κ3) is 1.70. The summed E-state index contributed by atoms with van der Waals surface area (Å²) in [5.41, 5.74) is 0.709. The van der Waals surface area contributed by atoms with Gasteiger partial charge < -0.3 is 9.67 Å². The Bertz CT molecular complexity index is 688. The van der Waals surface area contributed by atoms with Gasteiger partial charge in [0.05, 0.1) is 5.52 Å². The molecule has 17 heavy (non-hydrogen) atoms. The highest BCUT2D eigenvalue weighted by Crippen LogP contribution is 2.23. The number of aryl methyl sites for hydroxylation is 2. The number of aromatic nitrogens is 1. The molecule has 1 aromatic heterocycles. The maximum absolute atomic E-state index is 11.9. The number of benzene rings is 1. The minimum atomic E-state index is -1.22.